The third kappa shape index (κ3) is 7.77. The maximum Gasteiger partial charge on any atom is 0.264 e. The molecule has 78 heavy (non-hydrogen) atoms. The van der Waals surface area contributed by atoms with E-state index >= 15 is 0 Å². The Labute approximate surface area is 472 Å². The molecule has 0 spiro atoms. The van der Waals surface area contributed by atoms with Gasteiger partial charge in [0.25, 0.3) is 6.71 Å². The summed E-state index contributed by atoms with van der Waals surface area (Å²) >= 11 is 2.06. The largest absolute Gasteiger partial charge is 0.311 e. The topological polar surface area (TPSA) is 9.72 Å². The van der Waals surface area contributed by atoms with Crippen molar-refractivity contribution in [2.75, 3.05) is 14.7 Å². The second-order valence-electron chi connectivity index (χ2n) is 29.5. The van der Waals surface area contributed by atoms with Gasteiger partial charge in [-0.05, 0) is 212 Å². The average Bonchev–Trinajstić information content (AvgIpc) is 3.24. The molecule has 3 nitrogen and oxygen atoms in total. The molecule has 0 amide bonds. The van der Waals surface area contributed by atoms with Gasteiger partial charge in [0.05, 0.1) is 11.4 Å². The van der Waals surface area contributed by atoms with E-state index in [0.717, 1.165) is 29.9 Å². The van der Waals surface area contributed by atoms with E-state index in [1.807, 2.05) is 0 Å². The highest BCUT2D eigenvalue weighted by molar-refractivity contribution is 7.33. The van der Waals surface area contributed by atoms with Gasteiger partial charge in [-0.1, -0.05) is 165 Å². The molecule has 5 aliphatic rings. The first-order chi connectivity index (χ1) is 36.7. The highest BCUT2D eigenvalue weighted by atomic mass is 32.1. The predicted octanol–water partition coefficient (Wildman–Crippen LogP) is 19.1. The van der Waals surface area contributed by atoms with E-state index in [9.17, 15) is 0 Å². The molecule has 1 aromatic heterocycles. The zero-order chi connectivity index (χ0) is 55.0. The molecule has 3 aliphatic carbocycles. The Bertz CT molecular complexity index is 3730. The van der Waals surface area contributed by atoms with Crippen LogP contribution in [-0.4, -0.2) is 6.71 Å². The maximum atomic E-state index is 2.77. The van der Waals surface area contributed by atoms with Crippen molar-refractivity contribution in [3.63, 3.8) is 0 Å². The summed E-state index contributed by atoms with van der Waals surface area (Å²) in [5, 5.41) is 1.38. The van der Waals surface area contributed by atoms with Crippen LogP contribution in [0.15, 0.2) is 133 Å². The van der Waals surface area contributed by atoms with Crippen molar-refractivity contribution in [3.05, 3.63) is 178 Å². The van der Waals surface area contributed by atoms with E-state index in [1.165, 1.54) is 130 Å². The normalized spacial score (nSPS) is 19.5. The summed E-state index contributed by atoms with van der Waals surface area (Å²) < 4.78 is 2.84. The third-order valence-corrected chi connectivity index (χ3v) is 21.5. The SMILES string of the molecule is Cc1cc2c(cc1N1c3cc(C(C)(C)C)ccc3B3c4sc5cc6c(cc5c4N(c4ccc5c(c4)C(C)(C)CCC5(C)C)c4cc(N(c5ccccc5)c5ccccc5)cc1c43)C(C)(C)CCC6(C)C)C(C)(C)CCC2(C)C. The number of fused-ring (bicyclic) bond motifs is 9. The van der Waals surface area contributed by atoms with Crippen molar-refractivity contribution in [1.29, 1.82) is 0 Å². The lowest BCUT2D eigenvalue weighted by Gasteiger charge is -2.47. The molecule has 0 atom stereocenters. The molecule has 398 valence electrons. The lowest BCUT2D eigenvalue weighted by Crippen LogP contribution is -2.60. The van der Waals surface area contributed by atoms with Crippen LogP contribution in [0.4, 0.5) is 51.2 Å². The monoisotopic (exact) mass is 1040 g/mol. The summed E-state index contributed by atoms with van der Waals surface area (Å²) in [6, 6.07) is 53.1. The van der Waals surface area contributed by atoms with E-state index in [-0.39, 0.29) is 44.6 Å². The molecule has 0 saturated heterocycles. The van der Waals surface area contributed by atoms with Gasteiger partial charge in [0.15, 0.2) is 0 Å². The van der Waals surface area contributed by atoms with Gasteiger partial charge >= 0.3 is 0 Å². The summed E-state index contributed by atoms with van der Waals surface area (Å²) in [7, 11) is 0. The number of hydrogen-bond acceptors (Lipinski definition) is 4. The van der Waals surface area contributed by atoms with Crippen molar-refractivity contribution in [2.24, 2.45) is 0 Å². The predicted molar refractivity (Wildman–Crippen MR) is 340 cm³/mol. The third-order valence-electron chi connectivity index (χ3n) is 20.3. The zero-order valence-corrected chi connectivity index (χ0v) is 50.6. The summed E-state index contributed by atoms with van der Waals surface area (Å²) in [5.74, 6) is 0. The summed E-state index contributed by atoms with van der Waals surface area (Å²) in [5.41, 5.74) is 25.8. The molecule has 0 saturated carbocycles. The molecule has 13 rings (SSSR count). The number of benzene rings is 7. The standard InChI is InChI=1S/C73H82BN3S/c1-45-37-53-56(72(13,14)35-33-69(53,7)8)43-59(45)77-60-38-46(67(2,3)4)27-30-58(60)74-64-61(40-50(41-62(64)77)75(47-23-19-17-20-24-47)48-25-21-18-22-26-48)76(49-28-29-52-54(39-49)70(9,10)32-31-68(52,5)6)65-51-42-55-57(44-63(51)78-66(65)74)73(15,16)36-34-71(55,11)12/h17-30,37-44H,31-36H2,1-16H3. The first-order valence-electron chi connectivity index (χ1n) is 29.4. The number of aryl methyl sites for hydroxylation is 1. The number of para-hydroxylation sites is 2. The minimum atomic E-state index is -0.0675. The fraction of sp³-hybridized carbons (Fsp3) is 0.397. The van der Waals surface area contributed by atoms with Crippen molar-refractivity contribution in [1.82, 2.24) is 0 Å². The lowest BCUT2D eigenvalue weighted by atomic mass is 9.36. The minimum absolute atomic E-state index is 0.00535. The maximum absolute atomic E-state index is 2.77. The number of nitrogens with zero attached hydrogens (tertiary/aromatic N) is 3. The van der Waals surface area contributed by atoms with Gasteiger partial charge in [0, 0.05) is 54.7 Å². The van der Waals surface area contributed by atoms with E-state index < -0.39 is 0 Å². The molecule has 0 fully saturated rings. The van der Waals surface area contributed by atoms with Gasteiger partial charge in [0.2, 0.25) is 0 Å². The summed E-state index contributed by atoms with van der Waals surface area (Å²) in [4.78, 5) is 8.02. The molecule has 5 heteroatoms. The Kier molecular flexibility index (Phi) is 11.2. The van der Waals surface area contributed by atoms with Crippen LogP contribution < -0.4 is 30.4 Å². The highest BCUT2D eigenvalue weighted by Gasteiger charge is 2.49. The fourth-order valence-corrected chi connectivity index (χ4v) is 16.3. The molecule has 0 unspecified atom stereocenters. The highest BCUT2D eigenvalue weighted by Crippen LogP contribution is 2.57. The number of anilines is 9. The average molecular weight is 1040 g/mol. The van der Waals surface area contributed by atoms with Crippen LogP contribution in [0.1, 0.15) is 187 Å². The second kappa shape index (κ2) is 17.0. The second-order valence-corrected chi connectivity index (χ2v) is 30.5. The molecule has 7 aromatic carbocycles. The van der Waals surface area contributed by atoms with Crippen LogP contribution in [0.25, 0.3) is 10.1 Å². The van der Waals surface area contributed by atoms with Gasteiger partial charge in [-0.15, -0.1) is 11.3 Å². The number of rotatable bonds is 5. The number of thiophene rings is 1. The van der Waals surface area contributed by atoms with Crippen molar-refractivity contribution >= 4 is 95.0 Å². The van der Waals surface area contributed by atoms with Crippen molar-refractivity contribution in [3.8, 4) is 0 Å². The molecular weight excluding hydrogens is 962 g/mol. The van der Waals surface area contributed by atoms with Crippen LogP contribution in [0.3, 0.4) is 0 Å². The van der Waals surface area contributed by atoms with Gasteiger partial charge < -0.3 is 14.7 Å². The molecule has 8 aromatic rings. The van der Waals surface area contributed by atoms with Crippen LogP contribution in [0.5, 0.6) is 0 Å². The molecule has 3 heterocycles. The summed E-state index contributed by atoms with van der Waals surface area (Å²) in [6.45, 7) is 39.3. The minimum Gasteiger partial charge on any atom is -0.311 e. The summed E-state index contributed by atoms with van der Waals surface area (Å²) in [6.07, 6.45) is 7.04. The lowest BCUT2D eigenvalue weighted by molar-refractivity contribution is 0.332. The Balaban J connectivity index is 1.21. The van der Waals surface area contributed by atoms with Gasteiger partial charge in [-0.25, -0.2) is 0 Å². The first-order valence-corrected chi connectivity index (χ1v) is 30.2. The Morgan fingerprint density at radius 1 is 0.449 bits per heavy atom. The first kappa shape index (κ1) is 51.4. The van der Waals surface area contributed by atoms with E-state index in [4.69, 9.17) is 0 Å². The molecule has 0 bridgehead atoms. The quantitative estimate of drug-likeness (QED) is 0.159. The van der Waals surface area contributed by atoms with E-state index in [0.29, 0.717) is 0 Å². The van der Waals surface area contributed by atoms with Crippen LogP contribution in [0.2, 0.25) is 0 Å². The molecule has 0 N–H and O–H groups in total. The molecular formula is C73H82BN3S. The zero-order valence-electron chi connectivity index (χ0n) is 49.8. The van der Waals surface area contributed by atoms with Gasteiger partial charge in [-0.3, -0.25) is 0 Å². The van der Waals surface area contributed by atoms with E-state index in [1.54, 1.807) is 0 Å². The van der Waals surface area contributed by atoms with Crippen molar-refractivity contribution < 1.29 is 0 Å². The Hall–Kier alpha value is -6.04. The molecule has 2 aliphatic heterocycles. The van der Waals surface area contributed by atoms with Crippen LogP contribution >= 0.6 is 11.3 Å². The van der Waals surface area contributed by atoms with Gasteiger partial charge in [-0.2, -0.15) is 0 Å². The molecule has 0 radical (unpaired) electrons. The van der Waals surface area contributed by atoms with Gasteiger partial charge in [0.1, 0.15) is 0 Å². The number of hydrogen-bond donors (Lipinski definition) is 0. The van der Waals surface area contributed by atoms with E-state index in [2.05, 4.69) is 270 Å². The fourth-order valence-electron chi connectivity index (χ4n) is 14.9. The van der Waals surface area contributed by atoms with Crippen molar-refractivity contribution in [2.45, 2.75) is 187 Å². The van der Waals surface area contributed by atoms with Crippen LogP contribution in [0, 0.1) is 6.92 Å². The smallest absolute Gasteiger partial charge is 0.264 e. The Morgan fingerprint density at radius 2 is 0.936 bits per heavy atom. The Morgan fingerprint density at radius 3 is 1.49 bits per heavy atom. The van der Waals surface area contributed by atoms with Crippen LogP contribution in [-0.2, 0) is 37.9 Å².